The number of aromatic nitrogens is 1. The lowest BCUT2D eigenvalue weighted by molar-refractivity contribution is -0.383. The van der Waals surface area contributed by atoms with Crippen molar-refractivity contribution in [3.05, 3.63) is 44.8 Å². The lowest BCUT2D eigenvalue weighted by Gasteiger charge is -2.23. The van der Waals surface area contributed by atoms with Crippen LogP contribution in [0, 0.1) is 10.1 Å². The number of anilines is 2. The smallest absolute Gasteiger partial charge is 0.379 e. The Labute approximate surface area is 206 Å². The van der Waals surface area contributed by atoms with Gasteiger partial charge in [0.2, 0.25) is 17.7 Å². The molecular weight excluding hydrogens is 504 g/mol. The lowest BCUT2D eigenvalue weighted by Crippen LogP contribution is -2.31. The first-order valence-corrected chi connectivity index (χ1v) is 11.9. The van der Waals surface area contributed by atoms with Crippen LogP contribution < -0.4 is 14.6 Å². The van der Waals surface area contributed by atoms with Crippen LogP contribution in [0.1, 0.15) is 13.3 Å². The largest absolute Gasteiger partial charge is 0.493 e. The van der Waals surface area contributed by atoms with Crippen molar-refractivity contribution in [3.8, 4) is 11.8 Å². The maximum Gasteiger partial charge on any atom is 0.379 e. The highest BCUT2D eigenvalue weighted by Crippen LogP contribution is 2.41. The van der Waals surface area contributed by atoms with Crippen LogP contribution in [0.15, 0.2) is 29.4 Å². The summed E-state index contributed by atoms with van der Waals surface area (Å²) in [5, 5.41) is 39.4. The molecule has 0 bridgehead atoms. The first kappa shape index (κ1) is 27.3. The van der Waals surface area contributed by atoms with E-state index in [0.29, 0.717) is 23.8 Å². The lowest BCUT2D eigenvalue weighted by atomic mass is 10.2. The molecule has 0 atom stereocenters. The van der Waals surface area contributed by atoms with E-state index in [0.717, 1.165) is 26.0 Å². The monoisotopic (exact) mass is 526 g/mol. The van der Waals surface area contributed by atoms with Gasteiger partial charge in [0.1, 0.15) is 11.4 Å². The molecule has 15 nitrogen and oxygen atoms in total. The number of nitrogens with one attached hydrogen (secondary N) is 1. The minimum absolute atomic E-state index is 0.0304. The molecule has 1 aromatic carbocycles. The van der Waals surface area contributed by atoms with Crippen LogP contribution in [0.3, 0.4) is 0 Å². The van der Waals surface area contributed by atoms with E-state index in [1.54, 1.807) is 7.05 Å². The van der Waals surface area contributed by atoms with Gasteiger partial charge in [-0.25, -0.2) is 9.10 Å². The van der Waals surface area contributed by atoms with E-state index in [2.05, 4.69) is 20.1 Å². The van der Waals surface area contributed by atoms with Crippen LogP contribution in [0.25, 0.3) is 10.4 Å². The molecule has 0 fully saturated rings. The number of nitrogens with zero attached hydrogens (tertiary/aromatic N) is 7. The van der Waals surface area contributed by atoms with Crippen LogP contribution in [-0.4, -0.2) is 58.3 Å². The maximum atomic E-state index is 12.0. The number of nitro benzene ring substituents is 1. The van der Waals surface area contributed by atoms with Crippen LogP contribution in [0.4, 0.5) is 27.5 Å². The number of carbonyl (C=O) groups excluding carboxylic acids is 2. The Balaban J connectivity index is 2.06. The second-order valence-corrected chi connectivity index (χ2v) is 8.72. The molecule has 0 saturated carbocycles. The Hall–Kier alpha value is -3.95. The van der Waals surface area contributed by atoms with Crippen molar-refractivity contribution >= 4 is 55.7 Å². The number of benzene rings is 1. The minimum Gasteiger partial charge on any atom is -0.493 e. The highest BCUT2D eigenvalue weighted by atomic mass is 33.1. The highest BCUT2D eigenvalue weighted by Gasteiger charge is 2.26. The molecule has 0 radical (unpaired) electrons. The third-order valence-electron chi connectivity index (χ3n) is 4.42. The Bertz CT molecular complexity index is 1150. The van der Waals surface area contributed by atoms with Crippen LogP contribution in [0.2, 0.25) is 0 Å². The normalized spacial score (nSPS) is 10.3. The van der Waals surface area contributed by atoms with Gasteiger partial charge in [-0.15, -0.1) is 0 Å². The van der Waals surface area contributed by atoms with Gasteiger partial charge in [-0.1, -0.05) is 11.2 Å². The summed E-state index contributed by atoms with van der Waals surface area (Å²) in [7, 11) is 4.12. The second-order valence-electron chi connectivity index (χ2n) is 6.76. The minimum atomic E-state index is -0.651. The molecule has 2 aromatic rings. The third kappa shape index (κ3) is 7.02. The number of rotatable bonds is 11. The predicted molar refractivity (Wildman–Crippen MR) is 133 cm³/mol. The molecule has 0 aliphatic carbocycles. The number of methoxy groups -OCH3 is 1. The van der Waals surface area contributed by atoms with Gasteiger partial charge >= 0.3 is 5.30 Å². The van der Waals surface area contributed by atoms with Gasteiger partial charge in [-0.05, 0) is 18.0 Å². The molecule has 188 valence electrons. The van der Waals surface area contributed by atoms with E-state index in [4.69, 9.17) is 5.53 Å². The summed E-state index contributed by atoms with van der Waals surface area (Å²) >= 11 is 0. The molecule has 2 rings (SSSR count). The summed E-state index contributed by atoms with van der Waals surface area (Å²) in [5.74, 6) is -1.29. The van der Waals surface area contributed by atoms with E-state index in [1.807, 2.05) is 0 Å². The molecule has 3 N–H and O–H groups in total. The number of aromatic hydroxyl groups is 2. The van der Waals surface area contributed by atoms with Crippen molar-refractivity contribution in [1.29, 1.82) is 0 Å². The maximum absolute atomic E-state index is 12.0. The summed E-state index contributed by atoms with van der Waals surface area (Å²) in [6.07, 6.45) is 0.432. The average molecular weight is 527 g/mol. The number of azide groups is 1. The molecule has 35 heavy (non-hydrogen) atoms. The van der Waals surface area contributed by atoms with Crippen molar-refractivity contribution in [2.75, 3.05) is 41.9 Å². The summed E-state index contributed by atoms with van der Waals surface area (Å²) in [6.45, 7) is 1.82. The second kappa shape index (κ2) is 12.5. The Kier molecular flexibility index (Phi) is 9.74. The standard InChI is InChI=1S/C18H22N8O7S2/c1-11(27)25(35-34-18(30)33-3)15-10-16(28)24(17(15)29)23(2)8-4-7-20-13-6-5-12(21-22-19)9-14(13)26(31)32/h5-6,9-10,20,28-29H,4,7-8H2,1-3H3. The number of amides is 1. The van der Waals surface area contributed by atoms with Crippen LogP contribution in [-0.2, 0) is 9.53 Å². The van der Waals surface area contributed by atoms with Gasteiger partial charge in [0.15, 0.2) is 0 Å². The fraction of sp³-hybridized carbons (Fsp3) is 0.333. The first-order valence-electron chi connectivity index (χ1n) is 9.76. The molecule has 1 aromatic heterocycles. The molecule has 0 unspecified atom stereocenters. The summed E-state index contributed by atoms with van der Waals surface area (Å²) in [4.78, 5) is 36.7. The molecular formula is C18H22N8O7S2. The van der Waals surface area contributed by atoms with Gasteiger partial charge in [0.25, 0.3) is 5.69 Å². The zero-order chi connectivity index (χ0) is 26.1. The SMILES string of the molecule is COC(=O)SSN(C(C)=O)c1cc(O)n(N(C)CCCNc2ccc(N=[N+]=[N-])cc2[N+](=O)[O-])c1O. The van der Waals surface area contributed by atoms with Gasteiger partial charge in [-0.3, -0.25) is 14.9 Å². The molecule has 0 spiro atoms. The van der Waals surface area contributed by atoms with E-state index < -0.39 is 22.0 Å². The Morgan fingerprint density at radius 2 is 2.09 bits per heavy atom. The quantitative estimate of drug-likeness (QED) is 0.0435. The first-order chi connectivity index (χ1) is 16.6. The average Bonchev–Trinajstić information content (AvgIpc) is 3.10. The molecule has 0 aliphatic heterocycles. The summed E-state index contributed by atoms with van der Waals surface area (Å²) in [5.41, 5.74) is 8.55. The van der Waals surface area contributed by atoms with Gasteiger partial charge in [0.05, 0.1) is 12.0 Å². The van der Waals surface area contributed by atoms with Crippen molar-refractivity contribution in [2.24, 2.45) is 5.11 Å². The van der Waals surface area contributed by atoms with Gasteiger partial charge in [-0.2, -0.15) is 4.68 Å². The highest BCUT2D eigenvalue weighted by molar-refractivity contribution is 8.82. The fourth-order valence-electron chi connectivity index (χ4n) is 2.88. The fourth-order valence-corrected chi connectivity index (χ4v) is 4.57. The number of hydrogen-bond acceptors (Lipinski definition) is 12. The van der Waals surface area contributed by atoms with Gasteiger partial charge < -0.3 is 25.3 Å². The van der Waals surface area contributed by atoms with Crippen LogP contribution in [0.5, 0.6) is 11.8 Å². The van der Waals surface area contributed by atoms with Crippen molar-refractivity contribution in [2.45, 2.75) is 13.3 Å². The Morgan fingerprint density at radius 3 is 2.69 bits per heavy atom. The summed E-state index contributed by atoms with van der Waals surface area (Å²) < 4.78 is 6.62. The predicted octanol–water partition coefficient (Wildman–Crippen LogP) is 4.24. The number of carbonyl (C=O) groups is 2. The Morgan fingerprint density at radius 1 is 1.37 bits per heavy atom. The molecule has 1 amide bonds. The van der Waals surface area contributed by atoms with Crippen molar-refractivity contribution < 1.29 is 29.5 Å². The number of ether oxygens (including phenoxy) is 1. The molecule has 0 saturated heterocycles. The van der Waals surface area contributed by atoms with E-state index in [1.165, 1.54) is 37.2 Å². The van der Waals surface area contributed by atoms with E-state index in [9.17, 15) is 29.9 Å². The zero-order valence-electron chi connectivity index (χ0n) is 18.8. The zero-order valence-corrected chi connectivity index (χ0v) is 20.4. The van der Waals surface area contributed by atoms with E-state index >= 15 is 0 Å². The molecule has 17 heteroatoms. The number of hydrogen-bond donors (Lipinski definition) is 3. The molecule has 0 aliphatic rings. The van der Waals surface area contributed by atoms with E-state index in [-0.39, 0.29) is 35.2 Å². The van der Waals surface area contributed by atoms with Crippen LogP contribution >= 0.6 is 21.8 Å². The summed E-state index contributed by atoms with van der Waals surface area (Å²) in [6, 6.07) is 5.20. The number of nitro groups is 1. The topological polar surface area (TPSA) is 199 Å². The molecule has 1 heterocycles. The van der Waals surface area contributed by atoms with Crippen molar-refractivity contribution in [1.82, 2.24) is 4.68 Å². The van der Waals surface area contributed by atoms with Crippen molar-refractivity contribution in [3.63, 3.8) is 0 Å². The van der Waals surface area contributed by atoms with Gasteiger partial charge in [0, 0.05) is 71.6 Å². The third-order valence-corrected chi connectivity index (χ3v) is 6.48.